The van der Waals surface area contributed by atoms with Gasteiger partial charge in [-0.15, -0.1) is 0 Å². The summed E-state index contributed by atoms with van der Waals surface area (Å²) in [5.74, 6) is -0.408. The lowest BCUT2D eigenvalue weighted by molar-refractivity contribution is 0.100. The number of benzene rings is 1. The number of carbonyl (C=O) groups is 1. The van der Waals surface area contributed by atoms with E-state index in [0.717, 1.165) is 16.8 Å². The lowest BCUT2D eigenvalue weighted by atomic mass is 10.0. The van der Waals surface area contributed by atoms with E-state index in [-0.39, 0.29) is 0 Å². The van der Waals surface area contributed by atoms with E-state index in [4.69, 9.17) is 5.73 Å². The van der Waals surface area contributed by atoms with Crippen LogP contribution < -0.4 is 5.73 Å². The fourth-order valence-corrected chi connectivity index (χ4v) is 1.60. The molecule has 0 aliphatic rings. The lowest BCUT2D eigenvalue weighted by Crippen LogP contribution is -2.10. The van der Waals surface area contributed by atoms with Gasteiger partial charge in [-0.2, -0.15) is 0 Å². The molecule has 3 heteroatoms. The Kier molecular flexibility index (Phi) is 5.06. The molecule has 18 heavy (non-hydrogen) atoms. The molecule has 2 rings (SSSR count). The molecule has 0 atom stereocenters. The first-order chi connectivity index (χ1) is 8.68. The monoisotopic (exact) mass is 242 g/mol. The van der Waals surface area contributed by atoms with E-state index in [2.05, 4.69) is 4.98 Å². The van der Waals surface area contributed by atoms with Crippen molar-refractivity contribution in [3.05, 3.63) is 53.9 Å². The predicted molar refractivity (Wildman–Crippen MR) is 74.3 cm³/mol. The van der Waals surface area contributed by atoms with Gasteiger partial charge in [-0.1, -0.05) is 32.0 Å². The molecule has 0 saturated carbocycles. The summed E-state index contributed by atoms with van der Waals surface area (Å²) >= 11 is 0. The summed E-state index contributed by atoms with van der Waals surface area (Å²) in [6.07, 6.45) is 1.76. The van der Waals surface area contributed by atoms with Crippen LogP contribution >= 0.6 is 0 Å². The molecule has 0 aliphatic carbocycles. The first kappa shape index (κ1) is 13.9. The van der Waals surface area contributed by atoms with Crippen LogP contribution in [0.5, 0.6) is 0 Å². The second kappa shape index (κ2) is 6.55. The highest BCUT2D eigenvalue weighted by molar-refractivity contribution is 5.93. The predicted octanol–water partition coefficient (Wildman–Crippen LogP) is 3.18. The second-order valence-electron chi connectivity index (χ2n) is 3.58. The zero-order valence-corrected chi connectivity index (χ0v) is 11.0. The third-order valence-corrected chi connectivity index (χ3v) is 2.49. The van der Waals surface area contributed by atoms with Crippen LogP contribution in [-0.4, -0.2) is 10.9 Å². The van der Waals surface area contributed by atoms with Crippen molar-refractivity contribution in [3.8, 4) is 11.1 Å². The molecule has 94 valence electrons. The number of pyridine rings is 1. The van der Waals surface area contributed by atoms with E-state index in [1.165, 1.54) is 0 Å². The van der Waals surface area contributed by atoms with Gasteiger partial charge >= 0.3 is 0 Å². The first-order valence-electron chi connectivity index (χ1n) is 6.00. The van der Waals surface area contributed by atoms with Gasteiger partial charge in [-0.05, 0) is 30.7 Å². The molecule has 0 bridgehead atoms. The molecule has 0 radical (unpaired) electrons. The fourth-order valence-electron chi connectivity index (χ4n) is 1.60. The fraction of sp³-hybridized carbons (Fsp3) is 0.200. The number of hydrogen-bond donors (Lipinski definition) is 1. The number of rotatable bonds is 2. The van der Waals surface area contributed by atoms with Gasteiger partial charge in [-0.3, -0.25) is 9.78 Å². The van der Waals surface area contributed by atoms with E-state index < -0.39 is 5.91 Å². The highest BCUT2D eigenvalue weighted by Crippen LogP contribution is 2.21. The summed E-state index contributed by atoms with van der Waals surface area (Å²) < 4.78 is 0. The van der Waals surface area contributed by atoms with E-state index in [0.29, 0.717) is 5.56 Å². The molecule has 2 aromatic rings. The van der Waals surface area contributed by atoms with Crippen LogP contribution in [-0.2, 0) is 0 Å². The van der Waals surface area contributed by atoms with E-state index in [1.807, 2.05) is 45.0 Å². The van der Waals surface area contributed by atoms with Crippen LogP contribution in [0, 0.1) is 6.92 Å². The largest absolute Gasteiger partial charge is 0.366 e. The van der Waals surface area contributed by atoms with Gasteiger partial charge in [0.1, 0.15) is 0 Å². The summed E-state index contributed by atoms with van der Waals surface area (Å²) in [4.78, 5) is 15.1. The maximum absolute atomic E-state index is 10.9. The summed E-state index contributed by atoms with van der Waals surface area (Å²) in [6.45, 7) is 5.96. The maximum atomic E-state index is 10.9. The molecule has 1 amide bonds. The minimum absolute atomic E-state index is 0.408. The van der Waals surface area contributed by atoms with E-state index in [1.54, 1.807) is 18.3 Å². The van der Waals surface area contributed by atoms with Crippen LogP contribution in [0.25, 0.3) is 11.1 Å². The normalized spacial score (nSPS) is 9.28. The average Bonchev–Trinajstić information content (AvgIpc) is 2.42. The SMILES string of the molecule is CC.Cc1ncccc1-c1ccc(C(N)=O)cc1. The molecule has 0 spiro atoms. The minimum atomic E-state index is -0.408. The van der Waals surface area contributed by atoms with Crippen LogP contribution in [0.1, 0.15) is 29.9 Å². The molecule has 1 aromatic carbocycles. The molecular formula is C15H18N2O. The summed E-state index contributed by atoms with van der Waals surface area (Å²) in [5, 5.41) is 0. The lowest BCUT2D eigenvalue weighted by Gasteiger charge is -2.05. The summed E-state index contributed by atoms with van der Waals surface area (Å²) in [6, 6.07) is 11.1. The zero-order chi connectivity index (χ0) is 13.5. The average molecular weight is 242 g/mol. The highest BCUT2D eigenvalue weighted by Gasteiger charge is 2.03. The number of amides is 1. The Morgan fingerprint density at radius 3 is 2.22 bits per heavy atom. The molecule has 3 nitrogen and oxygen atoms in total. The Bertz CT molecular complexity index is 518. The van der Waals surface area contributed by atoms with Crippen LogP contribution in [0.15, 0.2) is 42.6 Å². The molecule has 2 N–H and O–H groups in total. The summed E-state index contributed by atoms with van der Waals surface area (Å²) in [7, 11) is 0. The molecule has 0 saturated heterocycles. The van der Waals surface area contributed by atoms with Crippen molar-refractivity contribution < 1.29 is 4.79 Å². The van der Waals surface area contributed by atoms with E-state index >= 15 is 0 Å². The van der Waals surface area contributed by atoms with Crippen molar-refractivity contribution in [2.75, 3.05) is 0 Å². The van der Waals surface area contributed by atoms with Gasteiger partial charge in [0.2, 0.25) is 5.91 Å². The third-order valence-electron chi connectivity index (χ3n) is 2.49. The van der Waals surface area contributed by atoms with Crippen LogP contribution in [0.3, 0.4) is 0 Å². The second-order valence-corrected chi connectivity index (χ2v) is 3.58. The van der Waals surface area contributed by atoms with Crippen molar-refractivity contribution in [2.24, 2.45) is 5.73 Å². The summed E-state index contributed by atoms with van der Waals surface area (Å²) in [5.41, 5.74) is 8.77. The Labute approximate surface area is 108 Å². The van der Waals surface area contributed by atoms with E-state index in [9.17, 15) is 4.79 Å². The highest BCUT2D eigenvalue weighted by atomic mass is 16.1. The Morgan fingerprint density at radius 1 is 1.11 bits per heavy atom. The standard InChI is InChI=1S/C13H12N2O.C2H6/c1-9-12(3-2-8-15-9)10-4-6-11(7-5-10)13(14)16;1-2/h2-8H,1H3,(H2,14,16);1-2H3. The number of carbonyl (C=O) groups excluding carboxylic acids is 1. The van der Waals surface area contributed by atoms with Crippen molar-refractivity contribution in [2.45, 2.75) is 20.8 Å². The van der Waals surface area contributed by atoms with Gasteiger partial charge in [0.15, 0.2) is 0 Å². The number of nitrogens with zero attached hydrogens (tertiary/aromatic N) is 1. The van der Waals surface area contributed by atoms with Gasteiger partial charge in [0.05, 0.1) is 0 Å². The van der Waals surface area contributed by atoms with Gasteiger partial charge in [0, 0.05) is 23.0 Å². The number of aryl methyl sites for hydroxylation is 1. The molecule has 0 fully saturated rings. The maximum Gasteiger partial charge on any atom is 0.248 e. The van der Waals surface area contributed by atoms with Gasteiger partial charge < -0.3 is 5.73 Å². The smallest absolute Gasteiger partial charge is 0.248 e. The Hall–Kier alpha value is -2.16. The third kappa shape index (κ3) is 3.17. The quantitative estimate of drug-likeness (QED) is 0.879. The van der Waals surface area contributed by atoms with Crippen molar-refractivity contribution in [1.29, 1.82) is 0 Å². The molecule has 1 aromatic heterocycles. The Morgan fingerprint density at radius 2 is 1.72 bits per heavy atom. The van der Waals surface area contributed by atoms with Crippen LogP contribution in [0.2, 0.25) is 0 Å². The Balaban J connectivity index is 0.000000771. The number of aromatic nitrogens is 1. The number of primary amides is 1. The molecule has 0 aliphatic heterocycles. The van der Waals surface area contributed by atoms with Crippen molar-refractivity contribution in [1.82, 2.24) is 4.98 Å². The van der Waals surface area contributed by atoms with Crippen molar-refractivity contribution >= 4 is 5.91 Å². The van der Waals surface area contributed by atoms with Crippen LogP contribution in [0.4, 0.5) is 0 Å². The first-order valence-corrected chi connectivity index (χ1v) is 6.00. The van der Waals surface area contributed by atoms with Gasteiger partial charge in [-0.25, -0.2) is 0 Å². The number of nitrogens with two attached hydrogens (primary N) is 1. The molecule has 0 unspecified atom stereocenters. The minimum Gasteiger partial charge on any atom is -0.366 e. The zero-order valence-electron chi connectivity index (χ0n) is 11.0. The number of hydrogen-bond acceptors (Lipinski definition) is 2. The van der Waals surface area contributed by atoms with Gasteiger partial charge in [0.25, 0.3) is 0 Å². The topological polar surface area (TPSA) is 56.0 Å². The molecular weight excluding hydrogens is 224 g/mol. The van der Waals surface area contributed by atoms with Crippen molar-refractivity contribution in [3.63, 3.8) is 0 Å². The molecule has 1 heterocycles.